The van der Waals surface area contributed by atoms with E-state index in [1.807, 2.05) is 12.1 Å². The highest BCUT2D eigenvalue weighted by atomic mass is 79.9. The van der Waals surface area contributed by atoms with Gasteiger partial charge in [0, 0.05) is 10.9 Å². The SMILES string of the molecule is Clc1coc2cc(CCBr)cc-2c1. The molecule has 1 heterocycles. The first-order valence-corrected chi connectivity index (χ1v) is 5.52. The molecule has 0 aromatic heterocycles. The van der Waals surface area contributed by atoms with Crippen LogP contribution in [0.3, 0.4) is 0 Å². The lowest BCUT2D eigenvalue weighted by molar-refractivity contribution is 0.567. The number of halogens is 2. The minimum atomic E-state index is 0.642. The number of aryl methyl sites for hydroxylation is 1. The average molecular weight is 260 g/mol. The topological polar surface area (TPSA) is 13.1 Å². The van der Waals surface area contributed by atoms with Crippen molar-refractivity contribution in [3.63, 3.8) is 0 Å². The van der Waals surface area contributed by atoms with Gasteiger partial charge in [-0.15, -0.1) is 0 Å². The smallest absolute Gasteiger partial charge is 0.134 e. The summed E-state index contributed by atoms with van der Waals surface area (Å²) in [6, 6.07) is 6.07. The normalized spacial score (nSPS) is 10.9. The summed E-state index contributed by atoms with van der Waals surface area (Å²) in [5.41, 5.74) is 2.35. The molecule has 1 aliphatic carbocycles. The first-order valence-electron chi connectivity index (χ1n) is 4.02. The predicted octanol–water partition coefficient (Wildman–Crippen LogP) is 3.98. The van der Waals surface area contributed by atoms with Crippen molar-refractivity contribution in [2.24, 2.45) is 0 Å². The fraction of sp³-hybridized carbons (Fsp3) is 0.200. The number of hydrogen-bond acceptors (Lipinski definition) is 1. The second-order valence-electron chi connectivity index (χ2n) is 2.89. The Hall–Kier alpha value is -0.470. The number of alkyl halides is 1. The Bertz CT molecular complexity index is 383. The van der Waals surface area contributed by atoms with Crippen LogP contribution < -0.4 is 0 Å². The minimum absolute atomic E-state index is 0.642. The van der Waals surface area contributed by atoms with E-state index in [0.717, 1.165) is 23.1 Å². The van der Waals surface area contributed by atoms with Gasteiger partial charge < -0.3 is 4.42 Å². The van der Waals surface area contributed by atoms with E-state index in [1.165, 1.54) is 5.56 Å². The van der Waals surface area contributed by atoms with Crippen LogP contribution in [0, 0.1) is 0 Å². The Morgan fingerprint density at radius 1 is 1.31 bits per heavy atom. The van der Waals surface area contributed by atoms with Crippen LogP contribution in [0.25, 0.3) is 11.3 Å². The molecule has 0 atom stereocenters. The molecule has 0 spiro atoms. The lowest BCUT2D eigenvalue weighted by Crippen LogP contribution is -1.78. The zero-order valence-electron chi connectivity index (χ0n) is 6.89. The van der Waals surface area contributed by atoms with Crippen LogP contribution in [0.1, 0.15) is 5.56 Å². The monoisotopic (exact) mass is 258 g/mol. The average Bonchev–Trinajstić information content (AvgIpc) is 2.46. The highest BCUT2D eigenvalue weighted by Gasteiger charge is 2.08. The lowest BCUT2D eigenvalue weighted by atomic mass is 10.2. The summed E-state index contributed by atoms with van der Waals surface area (Å²) in [4.78, 5) is 0. The van der Waals surface area contributed by atoms with Crippen molar-refractivity contribution in [1.29, 1.82) is 0 Å². The van der Waals surface area contributed by atoms with Gasteiger partial charge in [-0.2, -0.15) is 0 Å². The number of hydrogen-bond donors (Lipinski definition) is 0. The van der Waals surface area contributed by atoms with E-state index < -0.39 is 0 Å². The zero-order chi connectivity index (χ0) is 9.26. The third-order valence-corrected chi connectivity index (χ3v) is 2.51. The summed E-state index contributed by atoms with van der Waals surface area (Å²) in [5.74, 6) is 0.903. The largest absolute Gasteiger partial charge is 0.463 e. The van der Waals surface area contributed by atoms with Gasteiger partial charge >= 0.3 is 0 Å². The lowest BCUT2D eigenvalue weighted by Gasteiger charge is -1.95. The summed E-state index contributed by atoms with van der Waals surface area (Å²) < 4.78 is 5.32. The molecule has 0 bridgehead atoms. The van der Waals surface area contributed by atoms with Gasteiger partial charge in [0.1, 0.15) is 12.0 Å². The molecule has 0 radical (unpaired) electrons. The first-order chi connectivity index (χ1) is 6.29. The third-order valence-electron chi connectivity index (χ3n) is 1.92. The van der Waals surface area contributed by atoms with Gasteiger partial charge in [-0.3, -0.25) is 0 Å². The van der Waals surface area contributed by atoms with Gasteiger partial charge in [0.05, 0.1) is 5.02 Å². The highest BCUT2D eigenvalue weighted by molar-refractivity contribution is 9.09. The van der Waals surface area contributed by atoms with Crippen LogP contribution >= 0.6 is 27.5 Å². The van der Waals surface area contributed by atoms with Gasteiger partial charge in [-0.1, -0.05) is 27.5 Å². The molecule has 0 aromatic carbocycles. The molecular weight excluding hydrogens is 251 g/mol. The van der Waals surface area contributed by atoms with Crippen LogP contribution in [-0.4, -0.2) is 5.33 Å². The van der Waals surface area contributed by atoms with Crippen molar-refractivity contribution in [3.05, 3.63) is 35.0 Å². The molecule has 0 saturated heterocycles. The Labute approximate surface area is 90.2 Å². The Morgan fingerprint density at radius 3 is 2.92 bits per heavy atom. The fourth-order valence-corrected chi connectivity index (χ4v) is 1.95. The van der Waals surface area contributed by atoms with E-state index in [2.05, 4.69) is 22.0 Å². The molecule has 13 heavy (non-hydrogen) atoms. The van der Waals surface area contributed by atoms with Gasteiger partial charge in [-0.05, 0) is 30.2 Å². The first kappa shape index (κ1) is 9.10. The van der Waals surface area contributed by atoms with Crippen LogP contribution in [0.5, 0.6) is 0 Å². The molecule has 2 rings (SSSR count). The summed E-state index contributed by atoms with van der Waals surface area (Å²) in [7, 11) is 0. The summed E-state index contributed by atoms with van der Waals surface area (Å²) >= 11 is 9.20. The predicted molar refractivity (Wildman–Crippen MR) is 57.8 cm³/mol. The van der Waals surface area contributed by atoms with Crippen LogP contribution in [0.2, 0.25) is 5.02 Å². The van der Waals surface area contributed by atoms with E-state index in [4.69, 9.17) is 16.0 Å². The van der Waals surface area contributed by atoms with E-state index in [9.17, 15) is 0 Å². The zero-order valence-corrected chi connectivity index (χ0v) is 9.23. The van der Waals surface area contributed by atoms with Crippen molar-refractivity contribution < 1.29 is 4.42 Å². The summed E-state index contributed by atoms with van der Waals surface area (Å²) in [6.07, 6.45) is 2.57. The Kier molecular flexibility index (Phi) is 2.61. The molecular formula is C10H8BrClO. The third kappa shape index (κ3) is 1.89. The van der Waals surface area contributed by atoms with Crippen molar-refractivity contribution in [3.8, 4) is 11.3 Å². The maximum absolute atomic E-state index is 5.80. The molecule has 0 unspecified atom stereocenters. The molecule has 0 N–H and O–H groups in total. The summed E-state index contributed by atoms with van der Waals surface area (Å²) in [6.45, 7) is 0. The van der Waals surface area contributed by atoms with Gasteiger partial charge in [0.2, 0.25) is 0 Å². The van der Waals surface area contributed by atoms with Crippen molar-refractivity contribution in [2.45, 2.75) is 6.42 Å². The molecule has 3 heteroatoms. The van der Waals surface area contributed by atoms with E-state index in [0.29, 0.717) is 5.02 Å². The molecule has 0 saturated carbocycles. The maximum atomic E-state index is 5.80. The molecule has 0 amide bonds. The van der Waals surface area contributed by atoms with E-state index in [-0.39, 0.29) is 0 Å². The molecule has 1 nitrogen and oxygen atoms in total. The van der Waals surface area contributed by atoms with E-state index in [1.54, 1.807) is 6.26 Å². The van der Waals surface area contributed by atoms with E-state index >= 15 is 0 Å². The Balaban J connectivity index is 2.44. The van der Waals surface area contributed by atoms with Crippen molar-refractivity contribution in [2.75, 3.05) is 5.33 Å². The van der Waals surface area contributed by atoms with Gasteiger partial charge in [0.15, 0.2) is 0 Å². The highest BCUT2D eigenvalue weighted by Crippen LogP contribution is 2.29. The fourth-order valence-electron chi connectivity index (χ4n) is 1.33. The van der Waals surface area contributed by atoms with Gasteiger partial charge in [-0.25, -0.2) is 0 Å². The van der Waals surface area contributed by atoms with Crippen molar-refractivity contribution in [1.82, 2.24) is 0 Å². The quantitative estimate of drug-likeness (QED) is 0.744. The number of rotatable bonds is 2. The standard InChI is InChI=1S/C10H8BrClO/c11-2-1-7-3-8-5-9(12)6-13-10(8)4-7/h3-6H,1-2H2. The second-order valence-corrected chi connectivity index (χ2v) is 4.12. The molecule has 0 aromatic rings. The van der Waals surface area contributed by atoms with Crippen LogP contribution in [0.4, 0.5) is 0 Å². The maximum Gasteiger partial charge on any atom is 0.134 e. The van der Waals surface area contributed by atoms with Gasteiger partial charge in [0.25, 0.3) is 0 Å². The van der Waals surface area contributed by atoms with Crippen LogP contribution in [0.15, 0.2) is 28.9 Å². The molecule has 68 valence electrons. The molecule has 0 fully saturated rings. The second kappa shape index (κ2) is 3.72. The minimum Gasteiger partial charge on any atom is -0.463 e. The number of fused-ring (bicyclic) bond motifs is 1. The van der Waals surface area contributed by atoms with Crippen LogP contribution in [-0.2, 0) is 6.42 Å². The Morgan fingerprint density at radius 2 is 2.15 bits per heavy atom. The molecule has 1 aliphatic heterocycles. The summed E-state index contributed by atoms with van der Waals surface area (Å²) in [5, 5.41) is 1.61. The van der Waals surface area contributed by atoms with Crippen molar-refractivity contribution >= 4 is 27.5 Å². The molecule has 2 aliphatic rings.